The van der Waals surface area contributed by atoms with Crippen LogP contribution in [0.15, 0.2) is 21.3 Å². The van der Waals surface area contributed by atoms with Gasteiger partial charge in [0, 0.05) is 0 Å². The molecule has 0 saturated carbocycles. The van der Waals surface area contributed by atoms with E-state index in [0.717, 1.165) is 0 Å². The first kappa shape index (κ1) is 13.3. The molecule has 0 nitrogen and oxygen atoms in total. The van der Waals surface area contributed by atoms with E-state index in [2.05, 4.69) is 35.2 Å². The second kappa shape index (κ2) is 7.66. The molecule has 0 amide bonds. The Hall–Kier alpha value is 0.279. The average molecular weight is 287 g/mol. The quantitative estimate of drug-likeness (QED) is 0.577. The molecule has 0 aliphatic carbocycles. The van der Waals surface area contributed by atoms with Gasteiger partial charge in [0.05, 0.1) is 0 Å². The van der Waals surface area contributed by atoms with Gasteiger partial charge in [-0.25, -0.2) is 0 Å². The SMILES string of the molecule is C=[CH][Sn]([CH]=C)([CH2]CCC)[CH2]CCC. The fourth-order valence-electron chi connectivity index (χ4n) is 1.63. The topological polar surface area (TPSA) is 0 Å². The first-order valence-corrected chi connectivity index (χ1v) is 12.8. The van der Waals surface area contributed by atoms with Crippen molar-refractivity contribution in [3.8, 4) is 0 Å². The molecule has 0 aliphatic heterocycles. The summed E-state index contributed by atoms with van der Waals surface area (Å²) < 4.78 is 7.45. The molecule has 0 unspecified atom stereocenters. The minimum absolute atomic E-state index is 1.31. The molecule has 0 atom stereocenters. The monoisotopic (exact) mass is 288 g/mol. The molecular weight excluding hydrogens is 263 g/mol. The summed E-state index contributed by atoms with van der Waals surface area (Å²) >= 11 is -2.01. The van der Waals surface area contributed by atoms with Crippen LogP contribution in [0.2, 0.25) is 8.87 Å². The standard InChI is InChI=1S/2C4H9.2C2H3.Sn/c2*1-3-4-2;2*1-2;/h2*1,3-4H2,2H3;2*1H,2H2;. The van der Waals surface area contributed by atoms with E-state index >= 15 is 0 Å². The van der Waals surface area contributed by atoms with Crippen molar-refractivity contribution in [2.45, 2.75) is 48.4 Å². The normalized spacial score (nSPS) is 11.2. The van der Waals surface area contributed by atoms with Crippen LogP contribution in [0.25, 0.3) is 0 Å². The molecule has 76 valence electrons. The Bertz CT molecular complexity index is 131. The van der Waals surface area contributed by atoms with Crippen LogP contribution in [0.1, 0.15) is 39.5 Å². The van der Waals surface area contributed by atoms with E-state index in [0.29, 0.717) is 0 Å². The number of hydrogen-bond acceptors (Lipinski definition) is 0. The zero-order chi connectivity index (χ0) is 10.2. The molecule has 13 heavy (non-hydrogen) atoms. The molecule has 0 aliphatic rings. The van der Waals surface area contributed by atoms with Gasteiger partial charge in [-0.1, -0.05) is 0 Å². The number of hydrogen-bond donors (Lipinski definition) is 0. The molecule has 0 aromatic heterocycles. The van der Waals surface area contributed by atoms with Gasteiger partial charge < -0.3 is 0 Å². The van der Waals surface area contributed by atoms with E-state index in [9.17, 15) is 0 Å². The summed E-state index contributed by atoms with van der Waals surface area (Å²) in [5.74, 6) is 0. The molecule has 0 heterocycles. The molecule has 0 aromatic rings. The fraction of sp³-hybridized carbons (Fsp3) is 0.667. The van der Waals surface area contributed by atoms with Gasteiger partial charge in [-0.3, -0.25) is 0 Å². The van der Waals surface area contributed by atoms with Gasteiger partial charge in [0.2, 0.25) is 0 Å². The molecule has 0 N–H and O–H groups in total. The Morgan fingerprint density at radius 3 is 1.54 bits per heavy atom. The van der Waals surface area contributed by atoms with Gasteiger partial charge in [-0.2, -0.15) is 0 Å². The Balaban J connectivity index is 4.13. The summed E-state index contributed by atoms with van der Waals surface area (Å²) in [7, 11) is 0. The molecule has 0 bridgehead atoms. The first-order valence-electron chi connectivity index (χ1n) is 5.52. The van der Waals surface area contributed by atoms with Crippen LogP contribution in [0, 0.1) is 0 Å². The first-order chi connectivity index (χ1) is 6.24. The van der Waals surface area contributed by atoms with E-state index in [-0.39, 0.29) is 0 Å². The van der Waals surface area contributed by atoms with Crippen LogP contribution in [-0.2, 0) is 0 Å². The molecule has 0 spiro atoms. The minimum atomic E-state index is -2.01. The maximum atomic E-state index is 4.03. The molecular formula is C12H24Sn. The van der Waals surface area contributed by atoms with E-state index < -0.39 is 18.4 Å². The Morgan fingerprint density at radius 1 is 0.923 bits per heavy atom. The summed E-state index contributed by atoms with van der Waals surface area (Å²) in [5.41, 5.74) is 0. The summed E-state index contributed by atoms with van der Waals surface area (Å²) in [6, 6.07) is 0. The Kier molecular flexibility index (Phi) is 7.83. The van der Waals surface area contributed by atoms with Crippen molar-refractivity contribution in [1.82, 2.24) is 0 Å². The molecule has 0 radical (unpaired) electrons. The second-order valence-electron chi connectivity index (χ2n) is 3.85. The number of rotatable bonds is 8. The van der Waals surface area contributed by atoms with Crippen LogP contribution in [0.5, 0.6) is 0 Å². The second-order valence-corrected chi connectivity index (χ2v) is 16.1. The molecule has 0 aromatic carbocycles. The Morgan fingerprint density at radius 2 is 1.31 bits per heavy atom. The fourth-order valence-corrected chi connectivity index (χ4v) is 10.9. The summed E-state index contributed by atoms with van der Waals surface area (Å²) in [6.07, 6.45) is 5.37. The van der Waals surface area contributed by atoms with Crippen molar-refractivity contribution in [2.24, 2.45) is 0 Å². The molecule has 0 rings (SSSR count). The van der Waals surface area contributed by atoms with Crippen LogP contribution >= 0.6 is 0 Å². The van der Waals surface area contributed by atoms with Crippen molar-refractivity contribution < 1.29 is 0 Å². The van der Waals surface area contributed by atoms with Crippen molar-refractivity contribution in [3.63, 3.8) is 0 Å². The third kappa shape index (κ3) is 4.90. The van der Waals surface area contributed by atoms with Gasteiger partial charge in [0.1, 0.15) is 0 Å². The van der Waals surface area contributed by atoms with Gasteiger partial charge in [0.15, 0.2) is 0 Å². The van der Waals surface area contributed by atoms with E-state index in [1.54, 1.807) is 0 Å². The van der Waals surface area contributed by atoms with Crippen LogP contribution < -0.4 is 0 Å². The van der Waals surface area contributed by atoms with Crippen molar-refractivity contribution in [2.75, 3.05) is 0 Å². The van der Waals surface area contributed by atoms with Crippen molar-refractivity contribution in [3.05, 3.63) is 21.3 Å². The van der Waals surface area contributed by atoms with Gasteiger partial charge in [-0.15, -0.1) is 0 Å². The van der Waals surface area contributed by atoms with Crippen LogP contribution in [0.3, 0.4) is 0 Å². The third-order valence-electron chi connectivity index (χ3n) is 2.80. The molecule has 0 fully saturated rings. The molecule has 1 heteroatoms. The van der Waals surface area contributed by atoms with Crippen molar-refractivity contribution in [1.29, 1.82) is 0 Å². The Labute approximate surface area is 88.0 Å². The summed E-state index contributed by atoms with van der Waals surface area (Å²) in [6.45, 7) is 12.6. The predicted octanol–water partition coefficient (Wildman–Crippen LogP) is 4.49. The van der Waals surface area contributed by atoms with Gasteiger partial charge >= 0.3 is 88.1 Å². The van der Waals surface area contributed by atoms with E-state index in [4.69, 9.17) is 0 Å². The average Bonchev–Trinajstić information content (AvgIpc) is 2.20. The van der Waals surface area contributed by atoms with Crippen LogP contribution in [0.4, 0.5) is 0 Å². The van der Waals surface area contributed by atoms with Gasteiger partial charge in [0.25, 0.3) is 0 Å². The zero-order valence-electron chi connectivity index (χ0n) is 9.31. The van der Waals surface area contributed by atoms with Gasteiger partial charge in [-0.05, 0) is 0 Å². The van der Waals surface area contributed by atoms with Crippen LogP contribution in [-0.4, -0.2) is 18.4 Å². The number of unbranched alkanes of at least 4 members (excludes halogenated alkanes) is 2. The van der Waals surface area contributed by atoms with Crippen molar-refractivity contribution >= 4 is 18.4 Å². The third-order valence-corrected chi connectivity index (χ3v) is 14.8. The summed E-state index contributed by atoms with van der Waals surface area (Å²) in [5, 5.41) is 0. The maximum absolute atomic E-state index is 4.03. The zero-order valence-corrected chi connectivity index (χ0v) is 12.2. The predicted molar refractivity (Wildman–Crippen MR) is 65.6 cm³/mol. The molecule has 0 saturated heterocycles. The summed E-state index contributed by atoms with van der Waals surface area (Å²) in [4.78, 5) is 0. The van der Waals surface area contributed by atoms with E-state index in [1.165, 1.54) is 34.6 Å². The van der Waals surface area contributed by atoms with E-state index in [1.807, 2.05) is 0 Å².